The molecule has 0 fully saturated rings. The molecule has 0 saturated heterocycles. The lowest BCUT2D eigenvalue weighted by Crippen LogP contribution is -3.05. The third-order valence-electron chi connectivity index (χ3n) is 4.14. The van der Waals surface area contributed by atoms with Crippen LogP contribution in [0.25, 0.3) is 11.3 Å². The van der Waals surface area contributed by atoms with Gasteiger partial charge in [-0.25, -0.2) is 4.98 Å². The second-order valence-corrected chi connectivity index (χ2v) is 8.27. The van der Waals surface area contributed by atoms with Crippen LogP contribution < -0.4 is 14.5 Å². The van der Waals surface area contributed by atoms with E-state index in [2.05, 4.69) is 14.1 Å². The number of thiophene rings is 1. The molecule has 142 valence electrons. The Labute approximate surface area is 167 Å². The van der Waals surface area contributed by atoms with E-state index >= 15 is 0 Å². The van der Waals surface area contributed by atoms with Gasteiger partial charge < -0.3 is 9.64 Å². The number of carbonyl (C=O) groups excluding carboxylic acids is 1. The molecule has 27 heavy (non-hydrogen) atoms. The fraction of sp³-hybridized carbons (Fsp3) is 0.300. The van der Waals surface area contributed by atoms with Crippen LogP contribution >= 0.6 is 22.7 Å². The smallest absolute Gasteiger partial charge is 0.270 e. The Morgan fingerprint density at radius 1 is 1.19 bits per heavy atom. The molecule has 0 aliphatic carbocycles. The standard InChI is InChI=1S/C20H23N3O2S2/c1-22(2)11-5-12-23(19(24)18-6-4-13-26-18)20-21-17(14-27-20)15-7-9-16(25-3)10-8-15/h4,6-10,13-14H,5,11-12H2,1-3H3/p+1. The lowest BCUT2D eigenvalue weighted by atomic mass is 10.2. The number of aromatic nitrogens is 1. The molecule has 3 aromatic rings. The summed E-state index contributed by atoms with van der Waals surface area (Å²) in [6, 6.07) is 11.6. The summed E-state index contributed by atoms with van der Waals surface area (Å²) < 4.78 is 5.21. The first-order valence-corrected chi connectivity index (χ1v) is 10.6. The van der Waals surface area contributed by atoms with E-state index in [9.17, 15) is 4.79 Å². The first kappa shape index (κ1) is 19.5. The molecule has 0 unspecified atom stereocenters. The van der Waals surface area contributed by atoms with E-state index in [4.69, 9.17) is 9.72 Å². The third kappa shape index (κ3) is 4.94. The summed E-state index contributed by atoms with van der Waals surface area (Å²) in [5.74, 6) is 0.837. The van der Waals surface area contributed by atoms with Gasteiger partial charge >= 0.3 is 0 Å². The van der Waals surface area contributed by atoms with Crippen LogP contribution in [0.3, 0.4) is 0 Å². The fourth-order valence-corrected chi connectivity index (χ4v) is 4.22. The lowest BCUT2D eigenvalue weighted by molar-refractivity contribution is -0.858. The highest BCUT2D eigenvalue weighted by molar-refractivity contribution is 7.14. The van der Waals surface area contributed by atoms with Crippen molar-refractivity contribution in [2.75, 3.05) is 39.2 Å². The fourth-order valence-electron chi connectivity index (χ4n) is 2.69. The number of anilines is 1. The predicted molar refractivity (Wildman–Crippen MR) is 112 cm³/mol. The Balaban J connectivity index is 1.83. The van der Waals surface area contributed by atoms with Crippen LogP contribution in [0.15, 0.2) is 47.2 Å². The van der Waals surface area contributed by atoms with Gasteiger partial charge in [-0.3, -0.25) is 9.69 Å². The summed E-state index contributed by atoms with van der Waals surface area (Å²) in [5, 5.41) is 4.68. The lowest BCUT2D eigenvalue weighted by Gasteiger charge is -2.19. The second kappa shape index (κ2) is 9.12. The minimum Gasteiger partial charge on any atom is -0.497 e. The molecular formula is C20H24N3O2S2+. The van der Waals surface area contributed by atoms with Crippen molar-refractivity contribution in [3.05, 3.63) is 52.0 Å². The molecule has 1 amide bonds. The summed E-state index contributed by atoms with van der Waals surface area (Å²) in [6.45, 7) is 1.67. The molecule has 5 nitrogen and oxygen atoms in total. The zero-order valence-electron chi connectivity index (χ0n) is 15.8. The Morgan fingerprint density at radius 2 is 1.96 bits per heavy atom. The normalized spacial score (nSPS) is 11.0. The number of quaternary nitrogens is 1. The van der Waals surface area contributed by atoms with E-state index in [0.29, 0.717) is 6.54 Å². The highest BCUT2D eigenvalue weighted by Crippen LogP contribution is 2.30. The summed E-state index contributed by atoms with van der Waals surface area (Å²) >= 11 is 2.98. The minimum atomic E-state index is 0.0226. The van der Waals surface area contributed by atoms with Crippen molar-refractivity contribution in [1.82, 2.24) is 4.98 Å². The van der Waals surface area contributed by atoms with Crippen molar-refractivity contribution < 1.29 is 14.4 Å². The zero-order valence-corrected chi connectivity index (χ0v) is 17.4. The summed E-state index contributed by atoms with van der Waals surface area (Å²) in [5.41, 5.74) is 1.89. The average Bonchev–Trinajstić information content (AvgIpc) is 3.36. The van der Waals surface area contributed by atoms with E-state index in [-0.39, 0.29) is 5.91 Å². The van der Waals surface area contributed by atoms with Gasteiger partial charge in [0.05, 0.1) is 38.3 Å². The van der Waals surface area contributed by atoms with Gasteiger partial charge in [-0.05, 0) is 35.7 Å². The molecule has 7 heteroatoms. The molecule has 2 aromatic heterocycles. The zero-order chi connectivity index (χ0) is 19.2. The largest absolute Gasteiger partial charge is 0.497 e. The van der Waals surface area contributed by atoms with Crippen molar-refractivity contribution in [1.29, 1.82) is 0 Å². The van der Waals surface area contributed by atoms with Gasteiger partial charge in [-0.1, -0.05) is 6.07 Å². The van der Waals surface area contributed by atoms with Crippen LogP contribution in [0.4, 0.5) is 5.13 Å². The van der Waals surface area contributed by atoms with E-state index in [1.807, 2.05) is 52.1 Å². The monoisotopic (exact) mass is 402 g/mol. The Kier molecular flexibility index (Phi) is 6.60. The topological polar surface area (TPSA) is 46.9 Å². The van der Waals surface area contributed by atoms with Crippen LogP contribution in [0, 0.1) is 0 Å². The molecule has 0 aliphatic rings. The number of nitrogens with one attached hydrogen (secondary N) is 1. The number of amides is 1. The average molecular weight is 403 g/mol. The first-order chi connectivity index (χ1) is 13.1. The van der Waals surface area contributed by atoms with Crippen molar-refractivity contribution in [3.63, 3.8) is 0 Å². The second-order valence-electron chi connectivity index (χ2n) is 6.49. The van der Waals surface area contributed by atoms with Crippen LogP contribution in [0.2, 0.25) is 0 Å². The van der Waals surface area contributed by atoms with Gasteiger partial charge in [0.2, 0.25) is 0 Å². The molecular weight excluding hydrogens is 378 g/mol. The molecule has 1 aromatic carbocycles. The number of methoxy groups -OCH3 is 1. The minimum absolute atomic E-state index is 0.0226. The van der Waals surface area contributed by atoms with Gasteiger partial charge in [0, 0.05) is 23.9 Å². The molecule has 0 atom stereocenters. The van der Waals surface area contributed by atoms with Gasteiger partial charge in [0.15, 0.2) is 5.13 Å². The number of ether oxygens (including phenoxy) is 1. The van der Waals surface area contributed by atoms with Gasteiger partial charge in [0.25, 0.3) is 5.91 Å². The molecule has 0 aliphatic heterocycles. The van der Waals surface area contributed by atoms with Crippen molar-refractivity contribution in [2.45, 2.75) is 6.42 Å². The maximum atomic E-state index is 13.0. The predicted octanol–water partition coefficient (Wildman–Crippen LogP) is 3.06. The first-order valence-electron chi connectivity index (χ1n) is 8.83. The molecule has 0 saturated carbocycles. The van der Waals surface area contributed by atoms with Gasteiger partial charge in [-0.2, -0.15) is 0 Å². The van der Waals surface area contributed by atoms with Crippen molar-refractivity contribution in [2.24, 2.45) is 0 Å². The van der Waals surface area contributed by atoms with Crippen LogP contribution in [0.1, 0.15) is 16.1 Å². The molecule has 0 spiro atoms. The van der Waals surface area contributed by atoms with E-state index in [1.54, 1.807) is 7.11 Å². The van der Waals surface area contributed by atoms with E-state index in [0.717, 1.165) is 40.0 Å². The maximum Gasteiger partial charge on any atom is 0.270 e. The maximum absolute atomic E-state index is 13.0. The SMILES string of the molecule is COc1ccc(-c2csc(N(CCC[NH+](C)C)C(=O)c3cccs3)n2)cc1. The molecule has 3 rings (SSSR count). The van der Waals surface area contributed by atoms with Crippen LogP contribution in [-0.4, -0.2) is 45.2 Å². The Morgan fingerprint density at radius 3 is 2.59 bits per heavy atom. The summed E-state index contributed by atoms with van der Waals surface area (Å²) in [4.78, 5) is 21.7. The van der Waals surface area contributed by atoms with Crippen molar-refractivity contribution in [3.8, 4) is 17.0 Å². The molecule has 0 bridgehead atoms. The quantitative estimate of drug-likeness (QED) is 0.630. The highest BCUT2D eigenvalue weighted by Gasteiger charge is 2.22. The number of thiazole rings is 1. The van der Waals surface area contributed by atoms with E-state index < -0.39 is 0 Å². The Hall–Kier alpha value is -2.22. The molecule has 0 radical (unpaired) electrons. The van der Waals surface area contributed by atoms with Crippen molar-refractivity contribution >= 4 is 33.7 Å². The third-order valence-corrected chi connectivity index (χ3v) is 5.87. The number of benzene rings is 1. The summed E-state index contributed by atoms with van der Waals surface area (Å²) in [6.07, 6.45) is 0.927. The Bertz CT molecular complexity index is 858. The van der Waals surface area contributed by atoms with Crippen LogP contribution in [0.5, 0.6) is 5.75 Å². The number of carbonyl (C=O) groups is 1. The number of hydrogen-bond donors (Lipinski definition) is 1. The highest BCUT2D eigenvalue weighted by atomic mass is 32.1. The molecule has 1 N–H and O–H groups in total. The van der Waals surface area contributed by atoms with Gasteiger partial charge in [0.1, 0.15) is 5.75 Å². The number of nitrogens with zero attached hydrogens (tertiary/aromatic N) is 2. The summed E-state index contributed by atoms with van der Waals surface area (Å²) in [7, 11) is 5.90. The van der Waals surface area contributed by atoms with Crippen LogP contribution in [-0.2, 0) is 0 Å². The number of hydrogen-bond acceptors (Lipinski definition) is 5. The van der Waals surface area contributed by atoms with E-state index in [1.165, 1.54) is 27.6 Å². The molecule has 2 heterocycles. The van der Waals surface area contributed by atoms with Gasteiger partial charge in [-0.15, -0.1) is 22.7 Å². The number of rotatable bonds is 8.